The van der Waals surface area contributed by atoms with Gasteiger partial charge in [-0.05, 0) is 19.4 Å². The summed E-state index contributed by atoms with van der Waals surface area (Å²) in [6, 6.07) is 6.98. The molecule has 2 heterocycles. The predicted octanol–water partition coefficient (Wildman–Crippen LogP) is 1.45. The first-order valence-corrected chi connectivity index (χ1v) is 7.17. The van der Waals surface area contributed by atoms with Crippen LogP contribution >= 0.6 is 12.4 Å². The van der Waals surface area contributed by atoms with Crippen molar-refractivity contribution in [2.24, 2.45) is 5.73 Å². The van der Waals surface area contributed by atoms with Crippen LogP contribution in [0.2, 0.25) is 0 Å². The molecule has 0 unspecified atom stereocenters. The van der Waals surface area contributed by atoms with Gasteiger partial charge < -0.3 is 15.6 Å². The SMILES string of the molecule is CC1(C)NC(=O)N(Cc2nc(-c3ccc(CN)cc3)no2)C1=O.Cl. The van der Waals surface area contributed by atoms with Crippen LogP contribution in [0.5, 0.6) is 0 Å². The zero-order valence-electron chi connectivity index (χ0n) is 13.3. The molecule has 3 rings (SSSR count). The van der Waals surface area contributed by atoms with Crippen LogP contribution in [-0.4, -0.2) is 32.5 Å². The number of halogens is 1. The van der Waals surface area contributed by atoms with E-state index in [4.69, 9.17) is 10.3 Å². The number of nitrogens with zero attached hydrogens (tertiary/aromatic N) is 3. The van der Waals surface area contributed by atoms with E-state index in [1.165, 1.54) is 0 Å². The first kappa shape index (κ1) is 17.9. The average molecular weight is 352 g/mol. The fourth-order valence-corrected chi connectivity index (χ4v) is 2.32. The zero-order chi connectivity index (χ0) is 16.6. The third-order valence-electron chi connectivity index (χ3n) is 3.65. The summed E-state index contributed by atoms with van der Waals surface area (Å²) >= 11 is 0. The normalized spacial score (nSPS) is 16.0. The highest BCUT2D eigenvalue weighted by Crippen LogP contribution is 2.21. The Bertz CT molecular complexity index is 757. The lowest BCUT2D eigenvalue weighted by molar-refractivity contribution is -0.130. The van der Waals surface area contributed by atoms with Crippen LogP contribution in [0, 0.1) is 0 Å². The van der Waals surface area contributed by atoms with Gasteiger partial charge in [-0.2, -0.15) is 4.98 Å². The number of carbonyl (C=O) groups excluding carboxylic acids is 2. The molecule has 0 atom stereocenters. The molecule has 8 nitrogen and oxygen atoms in total. The van der Waals surface area contributed by atoms with Crippen molar-refractivity contribution in [2.75, 3.05) is 0 Å². The Morgan fingerprint density at radius 1 is 1.25 bits per heavy atom. The Balaban J connectivity index is 0.00000208. The van der Waals surface area contributed by atoms with Gasteiger partial charge in [-0.25, -0.2) is 4.79 Å². The molecule has 3 N–H and O–H groups in total. The number of nitrogens with one attached hydrogen (secondary N) is 1. The molecule has 0 spiro atoms. The van der Waals surface area contributed by atoms with Crippen molar-refractivity contribution in [3.8, 4) is 11.4 Å². The molecule has 1 aromatic carbocycles. The molecule has 0 radical (unpaired) electrons. The van der Waals surface area contributed by atoms with Crippen molar-refractivity contribution in [3.05, 3.63) is 35.7 Å². The van der Waals surface area contributed by atoms with Gasteiger partial charge in [-0.3, -0.25) is 9.69 Å². The van der Waals surface area contributed by atoms with Gasteiger partial charge in [0.2, 0.25) is 11.7 Å². The van der Waals surface area contributed by atoms with Gasteiger partial charge >= 0.3 is 6.03 Å². The Kier molecular flexibility index (Phi) is 4.91. The Morgan fingerprint density at radius 2 is 1.92 bits per heavy atom. The lowest BCUT2D eigenvalue weighted by Crippen LogP contribution is -2.40. The maximum absolute atomic E-state index is 12.1. The quantitative estimate of drug-likeness (QED) is 0.806. The highest BCUT2D eigenvalue weighted by Gasteiger charge is 2.44. The summed E-state index contributed by atoms with van der Waals surface area (Å²) in [5.41, 5.74) is 6.41. The van der Waals surface area contributed by atoms with Crippen molar-refractivity contribution in [2.45, 2.75) is 32.5 Å². The first-order valence-electron chi connectivity index (χ1n) is 7.17. The van der Waals surface area contributed by atoms with Crippen LogP contribution in [0.15, 0.2) is 28.8 Å². The molecule has 2 aromatic rings. The Labute approximate surface area is 144 Å². The number of aromatic nitrogens is 2. The van der Waals surface area contributed by atoms with Crippen molar-refractivity contribution >= 4 is 24.3 Å². The minimum Gasteiger partial charge on any atom is -0.337 e. The van der Waals surface area contributed by atoms with E-state index in [0.717, 1.165) is 16.0 Å². The van der Waals surface area contributed by atoms with Gasteiger partial charge in [0, 0.05) is 12.1 Å². The van der Waals surface area contributed by atoms with Crippen molar-refractivity contribution in [1.29, 1.82) is 0 Å². The summed E-state index contributed by atoms with van der Waals surface area (Å²) < 4.78 is 5.14. The van der Waals surface area contributed by atoms with Crippen LogP contribution in [0.1, 0.15) is 25.3 Å². The second-order valence-electron chi connectivity index (χ2n) is 5.86. The lowest BCUT2D eigenvalue weighted by Gasteiger charge is -2.14. The molecular weight excluding hydrogens is 334 g/mol. The summed E-state index contributed by atoms with van der Waals surface area (Å²) in [4.78, 5) is 29.3. The van der Waals surface area contributed by atoms with Gasteiger partial charge in [-0.15, -0.1) is 12.4 Å². The van der Waals surface area contributed by atoms with Crippen LogP contribution < -0.4 is 11.1 Å². The summed E-state index contributed by atoms with van der Waals surface area (Å²) in [6.07, 6.45) is 0. The number of benzene rings is 1. The molecule has 1 aromatic heterocycles. The van der Waals surface area contributed by atoms with Crippen LogP contribution in [0.4, 0.5) is 4.79 Å². The summed E-state index contributed by atoms with van der Waals surface area (Å²) in [5.74, 6) is 0.272. The highest BCUT2D eigenvalue weighted by molar-refractivity contribution is 6.06. The maximum atomic E-state index is 12.1. The maximum Gasteiger partial charge on any atom is 0.325 e. The smallest absolute Gasteiger partial charge is 0.325 e. The molecule has 9 heteroatoms. The molecule has 0 bridgehead atoms. The molecule has 24 heavy (non-hydrogen) atoms. The number of carbonyl (C=O) groups is 2. The third-order valence-corrected chi connectivity index (χ3v) is 3.65. The van der Waals surface area contributed by atoms with E-state index in [9.17, 15) is 9.59 Å². The molecule has 1 aliphatic heterocycles. The molecule has 1 fully saturated rings. The second kappa shape index (κ2) is 6.58. The van der Waals surface area contributed by atoms with Crippen molar-refractivity contribution < 1.29 is 14.1 Å². The van der Waals surface area contributed by atoms with Gasteiger partial charge in [0.25, 0.3) is 5.91 Å². The monoisotopic (exact) mass is 351 g/mol. The van der Waals surface area contributed by atoms with E-state index in [2.05, 4.69) is 15.5 Å². The number of nitrogens with two attached hydrogens (primary N) is 1. The van der Waals surface area contributed by atoms with Gasteiger partial charge in [-0.1, -0.05) is 29.4 Å². The zero-order valence-corrected chi connectivity index (χ0v) is 14.1. The lowest BCUT2D eigenvalue weighted by atomic mass is 10.1. The minimum atomic E-state index is -0.919. The number of amides is 3. The number of hydrogen-bond acceptors (Lipinski definition) is 6. The fourth-order valence-electron chi connectivity index (χ4n) is 2.32. The molecule has 1 saturated heterocycles. The highest BCUT2D eigenvalue weighted by atomic mass is 35.5. The van der Waals surface area contributed by atoms with E-state index in [-0.39, 0.29) is 30.7 Å². The number of rotatable bonds is 4. The summed E-state index contributed by atoms with van der Waals surface area (Å²) in [6.45, 7) is 3.69. The minimum absolute atomic E-state index is 0. The van der Waals surface area contributed by atoms with Crippen LogP contribution in [-0.2, 0) is 17.9 Å². The van der Waals surface area contributed by atoms with E-state index >= 15 is 0 Å². The number of imide groups is 1. The van der Waals surface area contributed by atoms with Crippen molar-refractivity contribution in [1.82, 2.24) is 20.4 Å². The van der Waals surface area contributed by atoms with Gasteiger partial charge in [0.1, 0.15) is 12.1 Å². The van der Waals surface area contributed by atoms with E-state index < -0.39 is 11.6 Å². The topological polar surface area (TPSA) is 114 Å². The summed E-state index contributed by atoms with van der Waals surface area (Å²) in [7, 11) is 0. The Morgan fingerprint density at radius 3 is 2.46 bits per heavy atom. The molecular formula is C15H18ClN5O3. The van der Waals surface area contributed by atoms with Crippen LogP contribution in [0.25, 0.3) is 11.4 Å². The second-order valence-corrected chi connectivity index (χ2v) is 5.86. The van der Waals surface area contributed by atoms with E-state index in [1.54, 1.807) is 13.8 Å². The molecule has 1 aliphatic rings. The molecule has 128 valence electrons. The van der Waals surface area contributed by atoms with Crippen LogP contribution in [0.3, 0.4) is 0 Å². The summed E-state index contributed by atoms with van der Waals surface area (Å²) in [5, 5.41) is 6.48. The first-order chi connectivity index (χ1) is 10.9. The predicted molar refractivity (Wildman–Crippen MR) is 88.0 cm³/mol. The number of hydrogen-bond donors (Lipinski definition) is 2. The largest absolute Gasteiger partial charge is 0.337 e. The number of urea groups is 1. The van der Waals surface area contributed by atoms with Gasteiger partial charge in [0.05, 0.1) is 0 Å². The van der Waals surface area contributed by atoms with Crippen molar-refractivity contribution in [3.63, 3.8) is 0 Å². The standard InChI is InChI=1S/C15H17N5O3.ClH/c1-15(2)13(21)20(14(22)18-15)8-11-17-12(19-23-11)10-5-3-9(7-16)4-6-10;/h3-6H,7-8,16H2,1-2H3,(H,18,22);1H. The molecule has 0 saturated carbocycles. The third kappa shape index (κ3) is 3.24. The Hall–Kier alpha value is -2.45. The molecule has 3 amide bonds. The average Bonchev–Trinajstić information content (AvgIpc) is 3.06. The fraction of sp³-hybridized carbons (Fsp3) is 0.333. The van der Waals surface area contributed by atoms with Gasteiger partial charge in [0.15, 0.2) is 0 Å². The molecule has 0 aliphatic carbocycles. The van der Waals surface area contributed by atoms with E-state index in [0.29, 0.717) is 12.4 Å². The van der Waals surface area contributed by atoms with E-state index in [1.807, 2.05) is 24.3 Å².